The van der Waals surface area contributed by atoms with Gasteiger partial charge in [0.25, 0.3) is 0 Å². The van der Waals surface area contributed by atoms with E-state index in [1.807, 2.05) is 0 Å². The molecule has 7 rings (SSSR count). The van der Waals surface area contributed by atoms with Crippen LogP contribution in [0, 0.1) is 0 Å². The Kier molecular flexibility index (Phi) is 10.8. The van der Waals surface area contributed by atoms with Crippen LogP contribution in [0.25, 0.3) is 54.9 Å². The fourth-order valence-corrected chi connectivity index (χ4v) is 9.58. The molecule has 0 aliphatic carbocycles. The maximum Gasteiger partial charge on any atom is 0.587 e. The quantitative estimate of drug-likeness (QED) is 0.138. The van der Waals surface area contributed by atoms with Gasteiger partial charge in [-0.1, -0.05) is 156 Å². The lowest BCUT2D eigenvalue weighted by Gasteiger charge is -2.26. The van der Waals surface area contributed by atoms with E-state index in [1.165, 1.54) is 40.5 Å². The lowest BCUT2D eigenvalue weighted by Crippen LogP contribution is -2.07. The van der Waals surface area contributed by atoms with Gasteiger partial charge in [-0.3, -0.25) is 4.52 Å². The number of hydrogen-bond acceptors (Lipinski definition) is 4. The van der Waals surface area contributed by atoms with Crippen LogP contribution in [0.3, 0.4) is 0 Å². The third-order valence-electron chi connectivity index (χ3n) is 11.7. The van der Waals surface area contributed by atoms with Crippen molar-refractivity contribution in [3.63, 3.8) is 0 Å². The van der Waals surface area contributed by atoms with Gasteiger partial charge in [0.1, 0.15) is 11.5 Å². The van der Waals surface area contributed by atoms with Crippen LogP contribution in [0.2, 0.25) is 0 Å². The van der Waals surface area contributed by atoms with Crippen LogP contribution >= 0.6 is 7.82 Å². The maximum absolute atomic E-state index is 15.3. The van der Waals surface area contributed by atoms with Gasteiger partial charge < -0.3 is 9.05 Å². The van der Waals surface area contributed by atoms with Gasteiger partial charge in [0, 0.05) is 29.4 Å². The van der Waals surface area contributed by atoms with E-state index < -0.39 is 7.82 Å². The Morgan fingerprint density at radius 1 is 0.446 bits per heavy atom. The zero-order chi connectivity index (χ0) is 40.4. The Balaban J connectivity index is 1.74. The SMILES string of the molecule is COP1(=O)Oc2c(-c3c(C(C)C)cc(C(C)C)cc3C(C)C)cc3ccccc3c2-c2c(c(-c3c(C(C)C)cc(C(C)C)cc3C(C)C)cc3ccccc23)O1. The average molecular weight is 767 g/mol. The van der Waals surface area contributed by atoms with Crippen molar-refractivity contribution in [3.05, 3.63) is 118 Å². The van der Waals surface area contributed by atoms with Gasteiger partial charge >= 0.3 is 7.82 Å². The van der Waals surface area contributed by atoms with Crippen molar-refractivity contribution in [2.24, 2.45) is 0 Å². The molecule has 0 N–H and O–H groups in total. The van der Waals surface area contributed by atoms with E-state index in [0.717, 1.165) is 54.9 Å². The Morgan fingerprint density at radius 2 is 0.768 bits per heavy atom. The predicted octanol–water partition coefficient (Wildman–Crippen LogP) is 16.3. The summed E-state index contributed by atoms with van der Waals surface area (Å²) in [5, 5.41) is 4.15. The summed E-state index contributed by atoms with van der Waals surface area (Å²) >= 11 is 0. The molecule has 0 bridgehead atoms. The van der Waals surface area contributed by atoms with Gasteiger partial charge in [-0.2, -0.15) is 0 Å². The van der Waals surface area contributed by atoms with E-state index in [2.05, 4.69) is 168 Å². The normalized spacial score (nSPS) is 13.9. The van der Waals surface area contributed by atoms with Gasteiger partial charge in [-0.25, -0.2) is 4.57 Å². The van der Waals surface area contributed by atoms with Crippen LogP contribution in [0.1, 0.15) is 152 Å². The molecule has 4 nitrogen and oxygen atoms in total. The molecular weight excluding hydrogens is 708 g/mol. The molecule has 1 aliphatic heterocycles. The van der Waals surface area contributed by atoms with E-state index in [1.54, 1.807) is 0 Å². The molecule has 0 saturated heterocycles. The highest BCUT2D eigenvalue weighted by atomic mass is 31.2. The van der Waals surface area contributed by atoms with Crippen LogP contribution in [0.15, 0.2) is 84.9 Å². The van der Waals surface area contributed by atoms with Crippen molar-refractivity contribution in [3.8, 4) is 44.9 Å². The first kappa shape index (κ1) is 39.8. The molecule has 0 spiro atoms. The molecule has 1 aliphatic rings. The summed E-state index contributed by atoms with van der Waals surface area (Å²) < 4.78 is 34.9. The van der Waals surface area contributed by atoms with E-state index in [-0.39, 0.29) is 23.7 Å². The van der Waals surface area contributed by atoms with Crippen molar-refractivity contribution >= 4 is 29.4 Å². The van der Waals surface area contributed by atoms with Crippen molar-refractivity contribution in [2.75, 3.05) is 7.11 Å². The lowest BCUT2D eigenvalue weighted by atomic mass is 9.78. The summed E-state index contributed by atoms with van der Waals surface area (Å²) in [6.45, 7) is 27.1. The first-order chi connectivity index (χ1) is 26.5. The molecule has 0 amide bonds. The van der Waals surface area contributed by atoms with Gasteiger partial charge in [-0.05, 0) is 114 Å². The zero-order valence-corrected chi connectivity index (χ0v) is 36.5. The van der Waals surface area contributed by atoms with Crippen molar-refractivity contribution in [1.82, 2.24) is 0 Å². The molecule has 5 heteroatoms. The molecule has 0 fully saturated rings. The Bertz CT molecular complexity index is 2290. The molecule has 0 radical (unpaired) electrons. The highest BCUT2D eigenvalue weighted by Crippen LogP contribution is 2.64. The second-order valence-electron chi connectivity index (χ2n) is 17.6. The van der Waals surface area contributed by atoms with Crippen molar-refractivity contribution in [1.29, 1.82) is 0 Å². The number of benzene rings is 6. The Hall–Kier alpha value is -4.37. The Labute approximate surface area is 335 Å². The number of phosphoric acid groups is 1. The lowest BCUT2D eigenvalue weighted by molar-refractivity contribution is 0.253. The fourth-order valence-electron chi connectivity index (χ4n) is 8.56. The van der Waals surface area contributed by atoms with Crippen LogP contribution in [-0.4, -0.2) is 7.11 Å². The van der Waals surface area contributed by atoms with Gasteiger partial charge in [-0.15, -0.1) is 0 Å². The first-order valence-corrected chi connectivity index (χ1v) is 22.0. The van der Waals surface area contributed by atoms with E-state index in [0.29, 0.717) is 23.3 Å². The summed E-state index contributed by atoms with van der Waals surface area (Å²) in [6, 6.07) is 30.9. The number of phosphoric ester groups is 1. The number of hydrogen-bond donors (Lipinski definition) is 0. The first-order valence-electron chi connectivity index (χ1n) is 20.6. The zero-order valence-electron chi connectivity index (χ0n) is 35.6. The number of fused-ring (bicyclic) bond motifs is 7. The molecule has 0 saturated carbocycles. The summed E-state index contributed by atoms with van der Waals surface area (Å²) in [7, 11) is -2.83. The molecule has 0 atom stereocenters. The fraction of sp³-hybridized carbons (Fsp3) is 0.373. The largest absolute Gasteiger partial charge is 0.587 e. The highest BCUT2D eigenvalue weighted by Gasteiger charge is 2.41. The standard InChI is InChI=1S/C51H59O4P/c1-28(2)36-24-40(30(5)6)46(41(25-36)31(7)8)44-22-34-18-14-16-20-38(34)48-49-39-21-17-15-19-35(39)23-45(51(49)55-56(52,53-13)54-50(44)48)47-42(32(9)10)26-37(29(3)4)27-43(47)33(11)12/h14-33H,1-13H3. The summed E-state index contributed by atoms with van der Waals surface area (Å²) in [6.07, 6.45) is 0. The summed E-state index contributed by atoms with van der Waals surface area (Å²) in [4.78, 5) is 0. The second kappa shape index (κ2) is 15.2. The van der Waals surface area contributed by atoms with Gasteiger partial charge in [0.15, 0.2) is 0 Å². The molecule has 1 heterocycles. The summed E-state index contributed by atoms with van der Waals surface area (Å²) in [5.74, 6) is 2.66. The van der Waals surface area contributed by atoms with Gasteiger partial charge in [0.2, 0.25) is 0 Å². The molecule has 6 aromatic rings. The molecule has 0 aromatic heterocycles. The Morgan fingerprint density at radius 3 is 1.05 bits per heavy atom. The second-order valence-corrected chi connectivity index (χ2v) is 19.2. The van der Waals surface area contributed by atoms with Crippen LogP contribution in [-0.2, 0) is 9.09 Å². The smallest absolute Gasteiger partial charge is 0.394 e. The minimum atomic E-state index is -4.26. The molecule has 292 valence electrons. The van der Waals surface area contributed by atoms with E-state index in [4.69, 9.17) is 13.6 Å². The summed E-state index contributed by atoms with van der Waals surface area (Å²) in [5.41, 5.74) is 13.4. The number of rotatable bonds is 9. The predicted molar refractivity (Wildman–Crippen MR) is 238 cm³/mol. The molecule has 0 unspecified atom stereocenters. The van der Waals surface area contributed by atoms with Crippen LogP contribution in [0.4, 0.5) is 0 Å². The minimum absolute atomic E-state index is 0.219. The monoisotopic (exact) mass is 766 g/mol. The third-order valence-corrected chi connectivity index (χ3v) is 12.9. The van der Waals surface area contributed by atoms with Gasteiger partial charge in [0.05, 0.1) is 0 Å². The van der Waals surface area contributed by atoms with E-state index in [9.17, 15) is 0 Å². The van der Waals surface area contributed by atoms with E-state index >= 15 is 4.57 Å². The molecular formula is C51H59O4P. The average Bonchev–Trinajstić information content (AvgIpc) is 3.30. The van der Waals surface area contributed by atoms with Crippen LogP contribution < -0.4 is 9.05 Å². The van der Waals surface area contributed by atoms with Crippen molar-refractivity contribution < 1.29 is 18.1 Å². The highest BCUT2D eigenvalue weighted by molar-refractivity contribution is 7.49. The molecule has 6 aromatic carbocycles. The third kappa shape index (κ3) is 6.88. The minimum Gasteiger partial charge on any atom is -0.394 e. The topological polar surface area (TPSA) is 44.8 Å². The molecule has 56 heavy (non-hydrogen) atoms. The maximum atomic E-state index is 15.3. The van der Waals surface area contributed by atoms with Crippen LogP contribution in [0.5, 0.6) is 11.5 Å². The van der Waals surface area contributed by atoms with Crippen molar-refractivity contribution in [2.45, 2.75) is 119 Å².